The molecule has 2 aliphatic rings. The summed E-state index contributed by atoms with van der Waals surface area (Å²) >= 11 is 0. The molecule has 0 saturated carbocycles. The maximum absolute atomic E-state index is 12.3. The highest BCUT2D eigenvalue weighted by molar-refractivity contribution is 5.76. The molecule has 25 heavy (non-hydrogen) atoms. The molecule has 8 heteroatoms. The number of aromatic amines is 1. The van der Waals surface area contributed by atoms with Crippen LogP contribution in [0.3, 0.4) is 0 Å². The van der Waals surface area contributed by atoms with Crippen LogP contribution in [0.1, 0.15) is 25.8 Å². The van der Waals surface area contributed by atoms with Crippen LogP contribution in [-0.4, -0.2) is 58.2 Å². The van der Waals surface area contributed by atoms with E-state index < -0.39 is 11.2 Å². The van der Waals surface area contributed by atoms with Crippen molar-refractivity contribution in [2.45, 2.75) is 51.9 Å². The lowest BCUT2D eigenvalue weighted by Gasteiger charge is -2.36. The van der Waals surface area contributed by atoms with E-state index in [1.165, 1.54) is 10.8 Å². The summed E-state index contributed by atoms with van der Waals surface area (Å²) < 4.78 is 7.14. The Hall–Kier alpha value is -1.93. The highest BCUT2D eigenvalue weighted by atomic mass is 16.5. The van der Waals surface area contributed by atoms with E-state index in [1.54, 1.807) is 6.92 Å². The van der Waals surface area contributed by atoms with Crippen LogP contribution in [0.25, 0.3) is 0 Å². The summed E-state index contributed by atoms with van der Waals surface area (Å²) in [6, 6.07) is 0.407. The number of carbonyl (C=O) groups is 1. The fourth-order valence-corrected chi connectivity index (χ4v) is 3.57. The van der Waals surface area contributed by atoms with E-state index in [1.807, 2.05) is 0 Å². The summed E-state index contributed by atoms with van der Waals surface area (Å²) in [5.74, 6) is 0.254. The molecule has 0 bridgehead atoms. The molecule has 3 atom stereocenters. The molecule has 3 heterocycles. The van der Waals surface area contributed by atoms with Gasteiger partial charge in [0.2, 0.25) is 5.91 Å². The van der Waals surface area contributed by atoms with E-state index in [0.29, 0.717) is 24.1 Å². The SMILES string of the molecule is Cc1cn(CC(=O)N[C@@H]2C[C@H]3CO[C@@H](C(C)C)CN3C2)c(=O)[nH]c1=O. The highest BCUT2D eigenvalue weighted by Crippen LogP contribution is 2.25. The van der Waals surface area contributed by atoms with Gasteiger partial charge in [-0.25, -0.2) is 4.79 Å². The molecule has 2 fully saturated rings. The normalized spacial score (nSPS) is 26.6. The van der Waals surface area contributed by atoms with Crippen molar-refractivity contribution in [2.75, 3.05) is 19.7 Å². The van der Waals surface area contributed by atoms with Crippen molar-refractivity contribution in [1.29, 1.82) is 0 Å². The lowest BCUT2D eigenvalue weighted by molar-refractivity contribution is -0.122. The Labute approximate surface area is 146 Å². The lowest BCUT2D eigenvalue weighted by Crippen LogP contribution is -2.48. The number of amides is 1. The Balaban J connectivity index is 1.57. The van der Waals surface area contributed by atoms with Crippen LogP contribution in [0.2, 0.25) is 0 Å². The predicted molar refractivity (Wildman–Crippen MR) is 92.5 cm³/mol. The molecule has 1 amide bonds. The quantitative estimate of drug-likeness (QED) is 0.760. The van der Waals surface area contributed by atoms with Crippen molar-refractivity contribution in [3.63, 3.8) is 0 Å². The lowest BCUT2D eigenvalue weighted by atomic mass is 10.0. The van der Waals surface area contributed by atoms with Crippen LogP contribution in [-0.2, 0) is 16.1 Å². The summed E-state index contributed by atoms with van der Waals surface area (Å²) in [6.07, 6.45) is 2.52. The van der Waals surface area contributed by atoms with Gasteiger partial charge < -0.3 is 10.1 Å². The van der Waals surface area contributed by atoms with Crippen molar-refractivity contribution in [1.82, 2.24) is 19.8 Å². The van der Waals surface area contributed by atoms with Crippen LogP contribution in [0.5, 0.6) is 0 Å². The number of morpholine rings is 1. The maximum Gasteiger partial charge on any atom is 0.328 e. The van der Waals surface area contributed by atoms with E-state index in [4.69, 9.17) is 4.74 Å². The fraction of sp³-hybridized carbons (Fsp3) is 0.706. The van der Waals surface area contributed by atoms with Crippen LogP contribution in [0, 0.1) is 12.8 Å². The number of H-pyrrole nitrogens is 1. The first-order chi connectivity index (χ1) is 11.8. The number of ether oxygens (including phenoxy) is 1. The number of nitrogens with one attached hydrogen (secondary N) is 2. The highest BCUT2D eigenvalue weighted by Gasteiger charge is 2.38. The van der Waals surface area contributed by atoms with Gasteiger partial charge in [0.15, 0.2) is 0 Å². The Morgan fingerprint density at radius 3 is 2.88 bits per heavy atom. The van der Waals surface area contributed by atoms with Crippen molar-refractivity contribution in [2.24, 2.45) is 5.92 Å². The Morgan fingerprint density at radius 1 is 1.40 bits per heavy atom. The van der Waals surface area contributed by atoms with E-state index in [0.717, 1.165) is 19.5 Å². The number of hydrogen-bond acceptors (Lipinski definition) is 5. The molecule has 2 aliphatic heterocycles. The standard InChI is InChI=1S/C17H26N4O4/c1-10(2)14-7-20-6-12(4-13(20)9-25-14)18-15(22)8-21-5-11(3)16(23)19-17(21)24/h5,10,12-14H,4,6-9H2,1-3H3,(H,18,22)(H,19,23,24)/t12-,13+,14-/m1/s1. The van der Waals surface area contributed by atoms with Gasteiger partial charge in [-0.3, -0.25) is 24.0 Å². The van der Waals surface area contributed by atoms with Crippen molar-refractivity contribution in [3.8, 4) is 0 Å². The maximum atomic E-state index is 12.3. The van der Waals surface area contributed by atoms with E-state index in [-0.39, 0.29) is 24.6 Å². The van der Waals surface area contributed by atoms with Gasteiger partial charge >= 0.3 is 5.69 Å². The molecule has 0 radical (unpaired) electrons. The Bertz CT molecular complexity index is 754. The third-order valence-corrected chi connectivity index (χ3v) is 5.06. The average molecular weight is 350 g/mol. The van der Waals surface area contributed by atoms with Crippen molar-refractivity contribution < 1.29 is 9.53 Å². The summed E-state index contributed by atoms with van der Waals surface area (Å²) in [5.41, 5.74) is -0.584. The number of nitrogens with zero attached hydrogens (tertiary/aromatic N) is 2. The van der Waals surface area contributed by atoms with Gasteiger partial charge in [0.1, 0.15) is 6.54 Å². The number of rotatable bonds is 4. The minimum Gasteiger partial charge on any atom is -0.375 e. The number of fused-ring (bicyclic) bond motifs is 1. The van der Waals surface area contributed by atoms with Crippen molar-refractivity contribution in [3.05, 3.63) is 32.6 Å². The molecule has 0 unspecified atom stereocenters. The van der Waals surface area contributed by atoms with E-state index in [9.17, 15) is 14.4 Å². The van der Waals surface area contributed by atoms with Gasteiger partial charge in [0, 0.05) is 36.9 Å². The first-order valence-electron chi connectivity index (χ1n) is 8.79. The molecule has 8 nitrogen and oxygen atoms in total. The second kappa shape index (κ2) is 7.13. The largest absolute Gasteiger partial charge is 0.375 e. The number of carbonyl (C=O) groups excluding carboxylic acids is 1. The predicted octanol–water partition coefficient (Wildman–Crippen LogP) is -0.541. The van der Waals surface area contributed by atoms with Gasteiger partial charge in [-0.1, -0.05) is 13.8 Å². The number of hydrogen-bond donors (Lipinski definition) is 2. The van der Waals surface area contributed by atoms with Gasteiger partial charge in [-0.15, -0.1) is 0 Å². The Morgan fingerprint density at radius 2 is 2.16 bits per heavy atom. The molecule has 0 spiro atoms. The van der Waals surface area contributed by atoms with Crippen molar-refractivity contribution >= 4 is 5.91 Å². The number of aryl methyl sites for hydroxylation is 1. The first-order valence-corrected chi connectivity index (χ1v) is 8.79. The van der Waals surface area contributed by atoms with Crippen LogP contribution in [0.4, 0.5) is 0 Å². The topological polar surface area (TPSA) is 96.4 Å². The molecular weight excluding hydrogens is 324 g/mol. The number of aromatic nitrogens is 2. The Kier molecular flexibility index (Phi) is 5.10. The molecule has 1 aromatic heterocycles. The van der Waals surface area contributed by atoms with Gasteiger partial charge in [0.25, 0.3) is 5.56 Å². The monoisotopic (exact) mass is 350 g/mol. The molecule has 2 saturated heterocycles. The third kappa shape index (κ3) is 4.01. The zero-order chi connectivity index (χ0) is 18.1. The third-order valence-electron chi connectivity index (χ3n) is 5.06. The first kappa shape index (κ1) is 17.9. The zero-order valence-corrected chi connectivity index (χ0v) is 14.9. The summed E-state index contributed by atoms with van der Waals surface area (Å²) in [6.45, 7) is 8.23. The molecule has 3 rings (SSSR count). The molecule has 0 aliphatic carbocycles. The van der Waals surface area contributed by atoms with Gasteiger partial charge in [0.05, 0.1) is 12.7 Å². The molecule has 2 N–H and O–H groups in total. The van der Waals surface area contributed by atoms with Crippen LogP contribution < -0.4 is 16.6 Å². The van der Waals surface area contributed by atoms with Crippen LogP contribution >= 0.6 is 0 Å². The fourth-order valence-electron chi connectivity index (χ4n) is 3.57. The van der Waals surface area contributed by atoms with E-state index >= 15 is 0 Å². The molecule has 1 aromatic rings. The van der Waals surface area contributed by atoms with Gasteiger partial charge in [-0.2, -0.15) is 0 Å². The van der Waals surface area contributed by atoms with Crippen LogP contribution in [0.15, 0.2) is 15.8 Å². The summed E-state index contributed by atoms with van der Waals surface area (Å²) in [4.78, 5) is 40.0. The second-order valence-electron chi connectivity index (χ2n) is 7.42. The minimum atomic E-state index is -0.567. The average Bonchev–Trinajstić information content (AvgIpc) is 2.93. The molecule has 138 valence electrons. The van der Waals surface area contributed by atoms with Gasteiger partial charge in [-0.05, 0) is 19.3 Å². The van der Waals surface area contributed by atoms with E-state index in [2.05, 4.69) is 29.0 Å². The second-order valence-corrected chi connectivity index (χ2v) is 7.42. The smallest absolute Gasteiger partial charge is 0.328 e. The molecular formula is C17H26N4O4. The summed E-state index contributed by atoms with van der Waals surface area (Å²) in [7, 11) is 0. The zero-order valence-electron chi connectivity index (χ0n) is 14.9. The molecule has 0 aromatic carbocycles. The summed E-state index contributed by atoms with van der Waals surface area (Å²) in [5, 5.41) is 3.00. The minimum absolute atomic E-state index is 0.0616.